The highest BCUT2D eigenvalue weighted by Crippen LogP contribution is 2.16. The average molecular weight is 296 g/mol. The van der Waals surface area contributed by atoms with Gasteiger partial charge < -0.3 is 0 Å². The van der Waals surface area contributed by atoms with Gasteiger partial charge in [0, 0.05) is 5.22 Å². The van der Waals surface area contributed by atoms with E-state index in [0.717, 1.165) is 0 Å². The van der Waals surface area contributed by atoms with Crippen molar-refractivity contribution in [1.29, 1.82) is 5.26 Å². The molecule has 0 atom stereocenters. The first-order chi connectivity index (χ1) is 11.3. The molecule has 0 fully saturated rings. The molecule has 0 aliphatic rings. The van der Waals surface area contributed by atoms with Crippen molar-refractivity contribution in [2.75, 3.05) is 0 Å². The van der Waals surface area contributed by atoms with Gasteiger partial charge in [-0.05, 0) is 23.6 Å². The van der Waals surface area contributed by atoms with Gasteiger partial charge in [-0.25, -0.2) is 15.1 Å². The van der Waals surface area contributed by atoms with Crippen LogP contribution in [0.25, 0.3) is 38.0 Å². The van der Waals surface area contributed by atoms with Crippen LogP contribution in [0, 0.1) is 17.9 Å². The maximum absolute atomic E-state index is 12.9. The maximum atomic E-state index is 12.9. The number of hydrogen-bond acceptors (Lipinski definition) is 3. The molecule has 2 heterocycles. The van der Waals surface area contributed by atoms with E-state index < -0.39 is 0 Å². The number of aromatic nitrogens is 2. The Balaban J connectivity index is 2.50. The Bertz CT molecular complexity index is 1290. The molecule has 5 nitrogen and oxygen atoms in total. The van der Waals surface area contributed by atoms with Crippen LogP contribution >= 0.6 is 0 Å². The molecular weight excluding hydrogens is 288 g/mol. The lowest BCUT2D eigenvalue weighted by molar-refractivity contribution is 1.14. The van der Waals surface area contributed by atoms with Crippen LogP contribution in [0.5, 0.6) is 0 Å². The average Bonchev–Trinajstić information content (AvgIpc) is 2.91. The van der Waals surface area contributed by atoms with Crippen molar-refractivity contribution >= 4 is 33.2 Å². The Hall–Kier alpha value is -3.70. The van der Waals surface area contributed by atoms with Gasteiger partial charge in [0.15, 0.2) is 0 Å². The quantitative estimate of drug-likeness (QED) is 0.468. The van der Waals surface area contributed by atoms with Crippen LogP contribution in [0.1, 0.15) is 0 Å². The Morgan fingerprint density at radius 1 is 1.13 bits per heavy atom. The second-order valence-electron chi connectivity index (χ2n) is 5.06. The fourth-order valence-electron chi connectivity index (χ4n) is 2.89. The van der Waals surface area contributed by atoms with E-state index in [1.54, 1.807) is 36.4 Å². The summed E-state index contributed by atoms with van der Waals surface area (Å²) in [6, 6.07) is 16.2. The van der Waals surface area contributed by atoms with Gasteiger partial charge in [0.25, 0.3) is 11.3 Å². The first-order valence-electron chi connectivity index (χ1n) is 6.90. The summed E-state index contributed by atoms with van der Waals surface area (Å²) in [4.78, 5) is 20.7. The number of nitrogens with zero attached hydrogens (tertiary/aromatic N) is 4. The lowest BCUT2D eigenvalue weighted by Gasteiger charge is -1.99. The standard InChI is InChI=1S/C18H8N4O/c1-20-14(10-19)16-12-7-3-5-9-15(12)22-17(16)21-13-8-4-2-6-11(13)18(22)23/h2-9H. The van der Waals surface area contributed by atoms with Gasteiger partial charge in [0.2, 0.25) is 0 Å². The van der Waals surface area contributed by atoms with Gasteiger partial charge in [-0.2, -0.15) is 0 Å². The topological polar surface area (TPSA) is 62.5 Å². The minimum Gasteiger partial charge on any atom is -0.268 e. The molecule has 0 bridgehead atoms. The summed E-state index contributed by atoms with van der Waals surface area (Å²) < 4.78 is 1.48. The third kappa shape index (κ3) is 1.65. The van der Waals surface area contributed by atoms with Gasteiger partial charge in [-0.3, -0.25) is 9.20 Å². The van der Waals surface area contributed by atoms with E-state index >= 15 is 0 Å². The summed E-state index contributed by atoms with van der Waals surface area (Å²) in [6.07, 6.45) is 0. The molecule has 4 aromatic rings. The van der Waals surface area contributed by atoms with E-state index in [9.17, 15) is 10.1 Å². The molecule has 0 saturated heterocycles. The van der Waals surface area contributed by atoms with Crippen molar-refractivity contribution in [3.63, 3.8) is 0 Å². The lowest BCUT2D eigenvalue weighted by atomic mass is 10.2. The van der Waals surface area contributed by atoms with E-state index in [1.807, 2.05) is 18.2 Å². The van der Waals surface area contributed by atoms with Crippen molar-refractivity contribution in [2.24, 2.45) is 0 Å². The summed E-state index contributed by atoms with van der Waals surface area (Å²) in [5.74, 6) is 0. The van der Waals surface area contributed by atoms with E-state index in [0.29, 0.717) is 32.7 Å². The zero-order valence-electron chi connectivity index (χ0n) is 11.8. The van der Waals surface area contributed by atoms with Crippen LogP contribution < -0.4 is 10.8 Å². The zero-order chi connectivity index (χ0) is 16.0. The lowest BCUT2D eigenvalue weighted by Crippen LogP contribution is -2.16. The molecule has 0 N–H and O–H groups in total. The molecule has 0 spiro atoms. The van der Waals surface area contributed by atoms with Gasteiger partial charge in [0.1, 0.15) is 5.65 Å². The molecule has 0 saturated carbocycles. The molecular formula is C18H8N4O. The summed E-state index contributed by atoms with van der Waals surface area (Å²) in [7, 11) is 0. The normalized spacial score (nSPS) is 12.3. The maximum Gasteiger partial charge on any atom is 0.273 e. The third-order valence-electron chi connectivity index (χ3n) is 3.87. The van der Waals surface area contributed by atoms with Crippen molar-refractivity contribution in [1.82, 2.24) is 9.38 Å². The molecule has 2 aromatic heterocycles. The van der Waals surface area contributed by atoms with Crippen LogP contribution in [0.3, 0.4) is 0 Å². The Morgan fingerprint density at radius 2 is 1.83 bits per heavy atom. The molecule has 106 valence electrons. The summed E-state index contributed by atoms with van der Waals surface area (Å²) >= 11 is 0. The summed E-state index contributed by atoms with van der Waals surface area (Å²) in [5.41, 5.74) is 1.29. The van der Waals surface area contributed by atoms with Crippen LogP contribution in [0.4, 0.5) is 0 Å². The second kappa shape index (κ2) is 4.66. The smallest absolute Gasteiger partial charge is 0.268 e. The number of hydrogen-bond donors (Lipinski definition) is 0. The predicted octanol–water partition coefficient (Wildman–Crippen LogP) is 2.27. The van der Waals surface area contributed by atoms with Crippen molar-refractivity contribution < 1.29 is 0 Å². The van der Waals surface area contributed by atoms with E-state index in [4.69, 9.17) is 6.57 Å². The SMILES string of the molecule is [C-]#[N+]C(C#N)=c1c2ccccc2n2c(=O)c3ccccc3nc12. The predicted molar refractivity (Wildman–Crippen MR) is 87.3 cm³/mol. The van der Waals surface area contributed by atoms with E-state index in [2.05, 4.69) is 9.83 Å². The molecule has 0 amide bonds. The minimum atomic E-state index is -0.199. The van der Waals surface area contributed by atoms with Crippen LogP contribution in [-0.2, 0) is 0 Å². The van der Waals surface area contributed by atoms with Crippen molar-refractivity contribution in [3.05, 3.63) is 75.5 Å². The van der Waals surface area contributed by atoms with E-state index in [1.165, 1.54) is 4.40 Å². The zero-order valence-corrected chi connectivity index (χ0v) is 11.8. The number of rotatable bonds is 0. The van der Waals surface area contributed by atoms with Crippen LogP contribution in [-0.4, -0.2) is 9.38 Å². The highest BCUT2D eigenvalue weighted by Gasteiger charge is 2.15. The molecule has 2 aromatic carbocycles. The third-order valence-corrected chi connectivity index (χ3v) is 3.87. The fraction of sp³-hybridized carbons (Fsp3) is 0. The fourth-order valence-corrected chi connectivity index (χ4v) is 2.89. The Kier molecular flexibility index (Phi) is 2.63. The van der Waals surface area contributed by atoms with Gasteiger partial charge in [-0.15, -0.1) is 0 Å². The number of fused-ring (bicyclic) bond motifs is 4. The number of para-hydroxylation sites is 2. The first kappa shape index (κ1) is 13.0. The molecule has 23 heavy (non-hydrogen) atoms. The first-order valence-corrected chi connectivity index (χ1v) is 6.90. The molecule has 0 aliphatic heterocycles. The number of nitriles is 1. The van der Waals surface area contributed by atoms with Gasteiger partial charge in [0.05, 0.1) is 29.1 Å². The molecule has 4 rings (SSSR count). The highest BCUT2D eigenvalue weighted by atomic mass is 16.1. The Morgan fingerprint density at radius 3 is 2.57 bits per heavy atom. The molecule has 5 heteroatoms. The number of benzene rings is 2. The molecule has 0 unspecified atom stereocenters. The highest BCUT2D eigenvalue weighted by molar-refractivity contribution is 5.94. The van der Waals surface area contributed by atoms with Crippen molar-refractivity contribution in [3.8, 4) is 6.07 Å². The second-order valence-corrected chi connectivity index (χ2v) is 5.06. The molecule has 0 radical (unpaired) electrons. The largest absolute Gasteiger partial charge is 0.273 e. The van der Waals surface area contributed by atoms with Crippen molar-refractivity contribution in [2.45, 2.75) is 0 Å². The van der Waals surface area contributed by atoms with Gasteiger partial charge >= 0.3 is 0 Å². The molecule has 0 aliphatic carbocycles. The van der Waals surface area contributed by atoms with Crippen LogP contribution in [0.15, 0.2) is 53.3 Å². The van der Waals surface area contributed by atoms with Gasteiger partial charge in [-0.1, -0.05) is 30.3 Å². The van der Waals surface area contributed by atoms with E-state index in [-0.39, 0.29) is 11.3 Å². The summed E-state index contributed by atoms with van der Waals surface area (Å²) in [5, 5.41) is 10.9. The van der Waals surface area contributed by atoms with Crippen LogP contribution in [0.2, 0.25) is 0 Å². The minimum absolute atomic E-state index is 0.0640. The monoisotopic (exact) mass is 296 g/mol. The summed E-state index contributed by atoms with van der Waals surface area (Å²) in [6.45, 7) is 7.25. The Labute approximate surface area is 130 Å².